The van der Waals surface area contributed by atoms with Gasteiger partial charge in [-0.15, -0.1) is 0 Å². The number of aliphatic hydroxyl groups excluding tert-OH is 1. The SMILES string of the molecule is CN(C)C=O.CO[C@@]1(C)CO[C@@H]2[C@H](O)CO[C@@H]21. The summed E-state index contributed by atoms with van der Waals surface area (Å²) in [6.07, 6.45) is -0.0561. The maximum atomic E-state index is 9.43. The van der Waals surface area contributed by atoms with Crippen molar-refractivity contribution in [2.24, 2.45) is 0 Å². The third-order valence-corrected chi connectivity index (χ3v) is 2.97. The molecule has 0 aromatic heterocycles. The van der Waals surface area contributed by atoms with Crippen LogP contribution in [0, 0.1) is 0 Å². The Kier molecular flexibility index (Phi) is 4.88. The van der Waals surface area contributed by atoms with Crippen LogP contribution in [0.4, 0.5) is 0 Å². The number of ether oxygens (including phenoxy) is 3. The average molecular weight is 247 g/mol. The van der Waals surface area contributed by atoms with Crippen molar-refractivity contribution < 1.29 is 24.1 Å². The molecule has 2 saturated heterocycles. The first-order valence-corrected chi connectivity index (χ1v) is 5.52. The van der Waals surface area contributed by atoms with E-state index in [0.29, 0.717) is 13.2 Å². The largest absolute Gasteiger partial charge is 0.388 e. The molecule has 0 unspecified atom stereocenters. The molecule has 0 aromatic rings. The van der Waals surface area contributed by atoms with Gasteiger partial charge in [-0.25, -0.2) is 0 Å². The van der Waals surface area contributed by atoms with E-state index in [9.17, 15) is 9.90 Å². The molecule has 0 spiro atoms. The van der Waals surface area contributed by atoms with Crippen LogP contribution in [0.25, 0.3) is 0 Å². The average Bonchev–Trinajstić information content (AvgIpc) is 2.83. The predicted molar refractivity (Wildman–Crippen MR) is 60.7 cm³/mol. The Morgan fingerprint density at radius 1 is 1.47 bits per heavy atom. The van der Waals surface area contributed by atoms with Gasteiger partial charge in [-0.05, 0) is 6.92 Å². The zero-order valence-corrected chi connectivity index (χ0v) is 10.8. The van der Waals surface area contributed by atoms with Crippen molar-refractivity contribution in [3.63, 3.8) is 0 Å². The van der Waals surface area contributed by atoms with E-state index < -0.39 is 6.10 Å². The maximum Gasteiger partial charge on any atom is 0.209 e. The van der Waals surface area contributed by atoms with Crippen molar-refractivity contribution in [3.8, 4) is 0 Å². The summed E-state index contributed by atoms with van der Waals surface area (Å²) in [6, 6.07) is 0. The van der Waals surface area contributed by atoms with Crippen LogP contribution in [0.5, 0.6) is 0 Å². The van der Waals surface area contributed by atoms with Crippen LogP contribution in [0.3, 0.4) is 0 Å². The van der Waals surface area contributed by atoms with Crippen LogP contribution in [0.15, 0.2) is 0 Å². The molecule has 100 valence electrons. The van der Waals surface area contributed by atoms with Gasteiger partial charge in [0.1, 0.15) is 23.9 Å². The number of rotatable bonds is 2. The number of nitrogens with zero attached hydrogens (tertiary/aromatic N) is 1. The van der Waals surface area contributed by atoms with Crippen molar-refractivity contribution >= 4 is 6.41 Å². The minimum atomic E-state index is -0.494. The smallest absolute Gasteiger partial charge is 0.209 e. The number of fused-ring (bicyclic) bond motifs is 1. The highest BCUT2D eigenvalue weighted by Gasteiger charge is 2.54. The Morgan fingerprint density at radius 3 is 2.53 bits per heavy atom. The molecule has 17 heavy (non-hydrogen) atoms. The third-order valence-electron chi connectivity index (χ3n) is 2.97. The molecule has 2 heterocycles. The topological polar surface area (TPSA) is 68.2 Å². The summed E-state index contributed by atoms with van der Waals surface area (Å²) in [7, 11) is 5.01. The van der Waals surface area contributed by atoms with Gasteiger partial charge in [-0.3, -0.25) is 4.79 Å². The summed E-state index contributed by atoms with van der Waals surface area (Å²) in [5.41, 5.74) is -0.387. The van der Waals surface area contributed by atoms with Gasteiger partial charge in [0.25, 0.3) is 0 Å². The fourth-order valence-corrected chi connectivity index (χ4v) is 1.83. The van der Waals surface area contributed by atoms with Crippen molar-refractivity contribution in [3.05, 3.63) is 0 Å². The van der Waals surface area contributed by atoms with Gasteiger partial charge in [0, 0.05) is 21.2 Å². The highest BCUT2D eigenvalue weighted by Crippen LogP contribution is 2.35. The van der Waals surface area contributed by atoms with Gasteiger partial charge < -0.3 is 24.2 Å². The Balaban J connectivity index is 0.000000249. The molecular weight excluding hydrogens is 226 g/mol. The molecule has 1 N–H and O–H groups in total. The lowest BCUT2D eigenvalue weighted by Gasteiger charge is -2.26. The maximum absolute atomic E-state index is 9.43. The van der Waals surface area contributed by atoms with E-state index >= 15 is 0 Å². The van der Waals surface area contributed by atoms with Crippen LogP contribution in [-0.4, -0.2) is 74.7 Å². The van der Waals surface area contributed by atoms with Crippen LogP contribution in [-0.2, 0) is 19.0 Å². The number of hydrogen-bond donors (Lipinski definition) is 1. The Hall–Kier alpha value is -0.690. The minimum absolute atomic E-state index is 0.113. The lowest BCUT2D eigenvalue weighted by atomic mass is 9.98. The first kappa shape index (κ1) is 14.4. The van der Waals surface area contributed by atoms with E-state index in [1.165, 1.54) is 4.90 Å². The molecule has 0 bridgehead atoms. The molecule has 2 rings (SSSR count). The summed E-state index contributed by atoms with van der Waals surface area (Å²) in [6.45, 7) is 2.79. The molecule has 2 aliphatic rings. The Labute approximate surface area is 101 Å². The zero-order chi connectivity index (χ0) is 13.1. The highest BCUT2D eigenvalue weighted by molar-refractivity contribution is 5.45. The molecule has 6 nitrogen and oxygen atoms in total. The van der Waals surface area contributed by atoms with E-state index in [4.69, 9.17) is 14.2 Å². The molecule has 4 atom stereocenters. The fourth-order valence-electron chi connectivity index (χ4n) is 1.83. The van der Waals surface area contributed by atoms with Crippen molar-refractivity contribution in [1.82, 2.24) is 4.90 Å². The standard InChI is InChI=1S/C8H14O4.C3H7NO/c1-8(10-2)4-12-6-5(9)3-11-7(6)8;1-4(2)3-5/h5-7,9H,3-4H2,1-2H3;3H,1-2H3/t5-,6-,7+,8+;/m1./s1. The number of methoxy groups -OCH3 is 1. The van der Waals surface area contributed by atoms with Gasteiger partial charge >= 0.3 is 0 Å². The van der Waals surface area contributed by atoms with Gasteiger partial charge in [0.2, 0.25) is 6.41 Å². The van der Waals surface area contributed by atoms with E-state index in [1.54, 1.807) is 21.2 Å². The number of carbonyl (C=O) groups is 1. The highest BCUT2D eigenvalue weighted by atomic mass is 16.6. The molecule has 6 heteroatoms. The minimum Gasteiger partial charge on any atom is -0.388 e. The predicted octanol–water partition coefficient (Wildman–Crippen LogP) is -0.746. The number of carbonyl (C=O) groups excluding carboxylic acids is 1. The molecule has 2 fully saturated rings. The van der Waals surface area contributed by atoms with Crippen LogP contribution >= 0.6 is 0 Å². The monoisotopic (exact) mass is 247 g/mol. The first-order valence-electron chi connectivity index (χ1n) is 5.52. The van der Waals surface area contributed by atoms with Crippen LogP contribution < -0.4 is 0 Å². The second kappa shape index (κ2) is 5.77. The van der Waals surface area contributed by atoms with Gasteiger partial charge in [-0.1, -0.05) is 0 Å². The summed E-state index contributed by atoms with van der Waals surface area (Å²) in [5.74, 6) is 0. The van der Waals surface area contributed by atoms with E-state index in [1.807, 2.05) is 6.92 Å². The Morgan fingerprint density at radius 2 is 2.06 bits per heavy atom. The quantitative estimate of drug-likeness (QED) is 0.651. The number of aliphatic hydroxyl groups is 1. The molecule has 0 aromatic carbocycles. The molecule has 0 saturated carbocycles. The van der Waals surface area contributed by atoms with Gasteiger partial charge in [0.05, 0.1) is 13.2 Å². The number of hydrogen-bond acceptors (Lipinski definition) is 5. The summed E-state index contributed by atoms with van der Waals surface area (Å²) in [4.78, 5) is 10.9. The van der Waals surface area contributed by atoms with Crippen molar-refractivity contribution in [1.29, 1.82) is 0 Å². The molecule has 0 aliphatic carbocycles. The van der Waals surface area contributed by atoms with Crippen molar-refractivity contribution in [2.45, 2.75) is 30.8 Å². The normalized spacial score (nSPS) is 39.2. The van der Waals surface area contributed by atoms with E-state index in [-0.39, 0.29) is 17.8 Å². The molecule has 1 amide bonds. The third kappa shape index (κ3) is 3.16. The lowest BCUT2D eigenvalue weighted by molar-refractivity contribution is -0.115. The first-order chi connectivity index (χ1) is 7.94. The van der Waals surface area contributed by atoms with Crippen LogP contribution in [0.1, 0.15) is 6.92 Å². The van der Waals surface area contributed by atoms with E-state index in [2.05, 4.69) is 0 Å². The Bertz CT molecular complexity index is 260. The zero-order valence-electron chi connectivity index (χ0n) is 10.8. The molecule has 0 radical (unpaired) electrons. The summed E-state index contributed by atoms with van der Waals surface area (Å²) < 4.78 is 16.1. The van der Waals surface area contributed by atoms with E-state index in [0.717, 1.165) is 6.41 Å². The molecule has 2 aliphatic heterocycles. The molecular formula is C11H21NO5. The summed E-state index contributed by atoms with van der Waals surface area (Å²) in [5, 5.41) is 9.42. The fraction of sp³-hybridized carbons (Fsp3) is 0.909. The van der Waals surface area contributed by atoms with Crippen molar-refractivity contribution in [2.75, 3.05) is 34.4 Å². The van der Waals surface area contributed by atoms with Gasteiger partial charge in [-0.2, -0.15) is 0 Å². The second-order valence-corrected chi connectivity index (χ2v) is 4.68. The van der Waals surface area contributed by atoms with Gasteiger partial charge in [0.15, 0.2) is 0 Å². The van der Waals surface area contributed by atoms with Crippen LogP contribution in [0.2, 0.25) is 0 Å². The lowest BCUT2D eigenvalue weighted by Crippen LogP contribution is -2.42. The number of amides is 1. The second-order valence-electron chi connectivity index (χ2n) is 4.68. The summed E-state index contributed by atoms with van der Waals surface area (Å²) >= 11 is 0.